The van der Waals surface area contributed by atoms with Crippen molar-refractivity contribution in [3.05, 3.63) is 65.0 Å². The smallest absolute Gasteiger partial charge is 0.126 e. The number of halogens is 1. The highest BCUT2D eigenvalue weighted by Crippen LogP contribution is 2.35. The van der Waals surface area contributed by atoms with Crippen LogP contribution in [0.15, 0.2) is 42.5 Å². The van der Waals surface area contributed by atoms with Crippen LogP contribution in [0.4, 0.5) is 10.1 Å². The number of nitrogens with one attached hydrogen (secondary N) is 1. The van der Waals surface area contributed by atoms with Crippen LogP contribution in [0, 0.1) is 17.1 Å². The minimum absolute atomic E-state index is 0.101. The van der Waals surface area contributed by atoms with Crippen molar-refractivity contribution in [2.45, 2.75) is 25.3 Å². The predicted molar refractivity (Wildman–Crippen MR) is 76.8 cm³/mol. The molecule has 0 amide bonds. The first kappa shape index (κ1) is 12.7. The van der Waals surface area contributed by atoms with Crippen molar-refractivity contribution in [1.29, 1.82) is 5.26 Å². The van der Waals surface area contributed by atoms with Gasteiger partial charge in [0.05, 0.1) is 18.5 Å². The molecule has 1 unspecified atom stereocenters. The fraction of sp³-hybridized carbons (Fsp3) is 0.235. The van der Waals surface area contributed by atoms with Crippen LogP contribution in [-0.2, 0) is 12.8 Å². The molecule has 20 heavy (non-hydrogen) atoms. The first-order valence-corrected chi connectivity index (χ1v) is 6.77. The zero-order valence-electron chi connectivity index (χ0n) is 11.1. The van der Waals surface area contributed by atoms with Gasteiger partial charge in [-0.15, -0.1) is 0 Å². The quantitative estimate of drug-likeness (QED) is 0.911. The number of anilines is 1. The third-order valence-electron chi connectivity index (χ3n) is 3.79. The van der Waals surface area contributed by atoms with Crippen LogP contribution in [0.2, 0.25) is 0 Å². The number of benzene rings is 2. The predicted octanol–water partition coefficient (Wildman–Crippen LogP) is 3.99. The summed E-state index contributed by atoms with van der Waals surface area (Å²) in [5.41, 5.74) is 3.92. The van der Waals surface area contributed by atoms with Crippen LogP contribution in [0.3, 0.4) is 0 Å². The molecule has 1 aliphatic carbocycles. The minimum Gasteiger partial charge on any atom is -0.378 e. The molecule has 2 aromatic rings. The maximum atomic E-state index is 13.7. The lowest BCUT2D eigenvalue weighted by molar-refractivity contribution is 0.612. The van der Waals surface area contributed by atoms with E-state index >= 15 is 0 Å². The van der Waals surface area contributed by atoms with Crippen LogP contribution in [0.25, 0.3) is 0 Å². The van der Waals surface area contributed by atoms with Gasteiger partial charge >= 0.3 is 0 Å². The molecule has 0 aromatic heterocycles. The Morgan fingerprint density at radius 3 is 2.75 bits per heavy atom. The van der Waals surface area contributed by atoms with Gasteiger partial charge in [0, 0.05) is 5.69 Å². The lowest BCUT2D eigenvalue weighted by Gasteiger charge is -2.15. The van der Waals surface area contributed by atoms with E-state index < -0.39 is 0 Å². The van der Waals surface area contributed by atoms with Crippen molar-refractivity contribution in [2.24, 2.45) is 0 Å². The first-order chi connectivity index (χ1) is 9.78. The van der Waals surface area contributed by atoms with E-state index in [0.717, 1.165) is 35.2 Å². The largest absolute Gasteiger partial charge is 0.378 e. The molecule has 2 aromatic carbocycles. The first-order valence-electron chi connectivity index (χ1n) is 6.77. The van der Waals surface area contributed by atoms with Gasteiger partial charge < -0.3 is 5.32 Å². The number of hydrogen-bond acceptors (Lipinski definition) is 2. The van der Waals surface area contributed by atoms with E-state index in [9.17, 15) is 4.39 Å². The van der Waals surface area contributed by atoms with Crippen LogP contribution in [0.1, 0.15) is 29.2 Å². The Morgan fingerprint density at radius 1 is 1.20 bits per heavy atom. The van der Waals surface area contributed by atoms with Gasteiger partial charge in [-0.25, -0.2) is 4.39 Å². The van der Waals surface area contributed by atoms with Crippen molar-refractivity contribution in [3.8, 4) is 6.07 Å². The molecule has 0 fully saturated rings. The van der Waals surface area contributed by atoms with Gasteiger partial charge in [0.1, 0.15) is 5.82 Å². The van der Waals surface area contributed by atoms with E-state index in [1.54, 1.807) is 6.07 Å². The van der Waals surface area contributed by atoms with Crippen LogP contribution in [0.5, 0.6) is 0 Å². The third-order valence-corrected chi connectivity index (χ3v) is 3.79. The molecule has 0 heterocycles. The van der Waals surface area contributed by atoms with Crippen LogP contribution >= 0.6 is 0 Å². The summed E-state index contributed by atoms with van der Waals surface area (Å²) >= 11 is 0. The maximum absolute atomic E-state index is 13.7. The molecule has 0 saturated carbocycles. The highest BCUT2D eigenvalue weighted by atomic mass is 19.1. The lowest BCUT2D eigenvalue weighted by Crippen LogP contribution is -2.07. The second kappa shape index (κ2) is 5.34. The van der Waals surface area contributed by atoms with Crippen molar-refractivity contribution in [2.75, 3.05) is 5.32 Å². The SMILES string of the molecule is N#CCc1ccc(NC2CCc3c(F)cccc32)cc1. The molecule has 0 saturated heterocycles. The molecule has 3 heteroatoms. The van der Waals surface area contributed by atoms with Gasteiger partial charge in [0.25, 0.3) is 0 Å². The van der Waals surface area contributed by atoms with E-state index in [1.165, 1.54) is 6.07 Å². The van der Waals surface area contributed by atoms with Gasteiger partial charge in [-0.2, -0.15) is 5.26 Å². The highest BCUT2D eigenvalue weighted by molar-refractivity contribution is 5.49. The number of rotatable bonds is 3. The normalized spacial score (nSPS) is 16.5. The monoisotopic (exact) mass is 266 g/mol. The Bertz CT molecular complexity index is 656. The summed E-state index contributed by atoms with van der Waals surface area (Å²) in [6, 6.07) is 15.4. The van der Waals surface area contributed by atoms with E-state index in [0.29, 0.717) is 6.42 Å². The molecule has 0 radical (unpaired) electrons. The summed E-state index contributed by atoms with van der Waals surface area (Å²) in [7, 11) is 0. The van der Waals surface area contributed by atoms with Crippen molar-refractivity contribution in [3.63, 3.8) is 0 Å². The fourth-order valence-corrected chi connectivity index (χ4v) is 2.77. The number of nitrogens with zero attached hydrogens (tertiary/aromatic N) is 1. The molecule has 1 atom stereocenters. The standard InChI is InChI=1S/C17H15FN2/c18-16-3-1-2-15-14(16)8-9-17(15)20-13-6-4-12(5-7-13)10-11-19/h1-7,17,20H,8-10H2. The second-order valence-corrected chi connectivity index (χ2v) is 5.08. The Labute approximate surface area is 117 Å². The van der Waals surface area contributed by atoms with E-state index in [1.807, 2.05) is 30.3 Å². The lowest BCUT2D eigenvalue weighted by atomic mass is 10.1. The number of hydrogen-bond donors (Lipinski definition) is 1. The fourth-order valence-electron chi connectivity index (χ4n) is 2.77. The Hall–Kier alpha value is -2.34. The average Bonchev–Trinajstić information content (AvgIpc) is 2.86. The Morgan fingerprint density at radius 2 is 2.00 bits per heavy atom. The van der Waals surface area contributed by atoms with Gasteiger partial charge in [-0.3, -0.25) is 0 Å². The summed E-state index contributed by atoms with van der Waals surface area (Å²) in [4.78, 5) is 0. The maximum Gasteiger partial charge on any atom is 0.126 e. The zero-order valence-corrected chi connectivity index (χ0v) is 11.1. The van der Waals surface area contributed by atoms with Crippen LogP contribution in [-0.4, -0.2) is 0 Å². The molecular weight excluding hydrogens is 251 g/mol. The molecule has 0 bridgehead atoms. The number of fused-ring (bicyclic) bond motifs is 1. The molecule has 2 nitrogen and oxygen atoms in total. The van der Waals surface area contributed by atoms with Crippen LogP contribution < -0.4 is 5.32 Å². The average molecular weight is 266 g/mol. The molecule has 0 spiro atoms. The van der Waals surface area contributed by atoms with Crippen molar-refractivity contribution in [1.82, 2.24) is 0 Å². The van der Waals surface area contributed by atoms with Gasteiger partial charge in [0.15, 0.2) is 0 Å². The molecule has 1 aliphatic rings. The van der Waals surface area contributed by atoms with Gasteiger partial charge in [-0.05, 0) is 47.7 Å². The van der Waals surface area contributed by atoms with E-state index in [-0.39, 0.29) is 11.9 Å². The Balaban J connectivity index is 1.77. The van der Waals surface area contributed by atoms with Crippen molar-refractivity contribution >= 4 is 5.69 Å². The molecule has 0 aliphatic heterocycles. The van der Waals surface area contributed by atoms with E-state index in [2.05, 4.69) is 11.4 Å². The third kappa shape index (κ3) is 2.37. The van der Waals surface area contributed by atoms with E-state index in [4.69, 9.17) is 5.26 Å². The second-order valence-electron chi connectivity index (χ2n) is 5.08. The molecule has 3 rings (SSSR count). The highest BCUT2D eigenvalue weighted by Gasteiger charge is 2.24. The van der Waals surface area contributed by atoms with Gasteiger partial charge in [-0.1, -0.05) is 24.3 Å². The zero-order chi connectivity index (χ0) is 13.9. The minimum atomic E-state index is -0.101. The summed E-state index contributed by atoms with van der Waals surface area (Å²) in [5.74, 6) is -0.101. The summed E-state index contributed by atoms with van der Waals surface area (Å²) in [5, 5.41) is 12.1. The topological polar surface area (TPSA) is 35.8 Å². The summed E-state index contributed by atoms with van der Waals surface area (Å²) in [6.07, 6.45) is 2.13. The Kier molecular flexibility index (Phi) is 3.39. The molecule has 1 N–H and O–H groups in total. The molecular formula is C17H15FN2. The van der Waals surface area contributed by atoms with Gasteiger partial charge in [0.2, 0.25) is 0 Å². The summed E-state index contributed by atoms with van der Waals surface area (Å²) < 4.78 is 13.7. The van der Waals surface area contributed by atoms with Crippen molar-refractivity contribution < 1.29 is 4.39 Å². The summed E-state index contributed by atoms with van der Waals surface area (Å²) in [6.45, 7) is 0. The molecule has 100 valence electrons. The number of nitriles is 1.